The number of Topliss-reactive ketones (excluding diaryl/α,β-unsaturated/α-hetero) is 2. The summed E-state index contributed by atoms with van der Waals surface area (Å²) in [5.74, 6) is -3.81. The van der Waals surface area contributed by atoms with E-state index in [1.807, 2.05) is 78.7 Å². The molecule has 0 spiro atoms. The number of aliphatic hydroxyl groups excluding tert-OH is 1. The highest BCUT2D eigenvalue weighted by Crippen LogP contribution is 2.48. The van der Waals surface area contributed by atoms with E-state index in [0.29, 0.717) is 19.4 Å². The Labute approximate surface area is 321 Å². The quantitative estimate of drug-likeness (QED) is 0.163. The summed E-state index contributed by atoms with van der Waals surface area (Å²) in [6.45, 7) is 19.0. The Morgan fingerprint density at radius 3 is 2.34 bits per heavy atom. The maximum Gasteiger partial charge on any atom is 0.316 e. The number of nitrogens with zero attached hydrogens (tertiary/aromatic N) is 1. The van der Waals surface area contributed by atoms with E-state index in [0.717, 1.165) is 11.3 Å². The highest BCUT2D eigenvalue weighted by atomic mass is 32.2. The fraction of sp³-hybridized carbons (Fsp3) is 0.690. The predicted octanol–water partition coefficient (Wildman–Crippen LogP) is 6.39. The molecule has 11 heteroatoms. The van der Waals surface area contributed by atoms with Gasteiger partial charge in [0.2, 0.25) is 0 Å². The molecule has 0 saturated carbocycles. The molecule has 0 aliphatic carbocycles. The third-order valence-electron chi connectivity index (χ3n) is 11.7. The summed E-state index contributed by atoms with van der Waals surface area (Å²) in [6, 6.07) is 9.92. The maximum absolute atomic E-state index is 14.7. The van der Waals surface area contributed by atoms with Gasteiger partial charge in [0.15, 0.2) is 12.1 Å². The first-order valence-electron chi connectivity index (χ1n) is 19.2. The molecule has 13 atom stereocenters. The van der Waals surface area contributed by atoms with Crippen molar-refractivity contribution >= 4 is 29.3 Å². The second-order valence-electron chi connectivity index (χ2n) is 16.0. The molecule has 1 aromatic rings. The van der Waals surface area contributed by atoms with Crippen LogP contribution in [0, 0.1) is 29.6 Å². The van der Waals surface area contributed by atoms with Gasteiger partial charge in [-0.25, -0.2) is 0 Å². The van der Waals surface area contributed by atoms with Crippen LogP contribution >= 0.6 is 11.8 Å². The minimum absolute atomic E-state index is 0.00121. The summed E-state index contributed by atoms with van der Waals surface area (Å²) in [4.78, 5) is 45.0. The maximum atomic E-state index is 14.7. The zero-order valence-electron chi connectivity index (χ0n) is 33.4. The number of hydrogen-bond donors (Lipinski definition) is 1. The van der Waals surface area contributed by atoms with Crippen LogP contribution in [0.2, 0.25) is 0 Å². The molecule has 0 bridgehead atoms. The Hall–Kier alpha value is -2.38. The summed E-state index contributed by atoms with van der Waals surface area (Å²) in [5.41, 5.74) is -0.101. The zero-order chi connectivity index (χ0) is 39.2. The predicted molar refractivity (Wildman–Crippen MR) is 207 cm³/mol. The van der Waals surface area contributed by atoms with Gasteiger partial charge in [0.05, 0.1) is 31.0 Å². The lowest BCUT2D eigenvalue weighted by atomic mass is 9.69. The summed E-state index contributed by atoms with van der Waals surface area (Å²) < 4.78 is 32.2. The number of hydrogen-bond acceptors (Lipinski definition) is 11. The molecule has 53 heavy (non-hydrogen) atoms. The van der Waals surface area contributed by atoms with Crippen molar-refractivity contribution in [3.8, 4) is 0 Å². The van der Waals surface area contributed by atoms with Gasteiger partial charge in [-0.15, -0.1) is 18.3 Å². The van der Waals surface area contributed by atoms with E-state index in [9.17, 15) is 19.5 Å². The lowest BCUT2D eigenvalue weighted by molar-refractivity contribution is -0.296. The number of cyclic esters (lactones) is 1. The van der Waals surface area contributed by atoms with Crippen molar-refractivity contribution in [3.05, 3.63) is 59.5 Å². The molecule has 1 N–H and O–H groups in total. The Kier molecular flexibility index (Phi) is 15.1. The van der Waals surface area contributed by atoms with E-state index in [1.165, 1.54) is 5.56 Å². The van der Waals surface area contributed by atoms with Gasteiger partial charge in [-0.2, -0.15) is 0 Å². The largest absolute Gasteiger partial charge is 0.459 e. The lowest BCUT2D eigenvalue weighted by Gasteiger charge is -2.47. The van der Waals surface area contributed by atoms with Crippen molar-refractivity contribution in [1.82, 2.24) is 4.90 Å². The van der Waals surface area contributed by atoms with Gasteiger partial charge >= 0.3 is 5.97 Å². The van der Waals surface area contributed by atoms with E-state index in [-0.39, 0.29) is 31.0 Å². The highest BCUT2D eigenvalue weighted by Gasteiger charge is 2.56. The first kappa shape index (κ1) is 43.3. The van der Waals surface area contributed by atoms with Crippen LogP contribution in [-0.4, -0.2) is 103 Å². The summed E-state index contributed by atoms with van der Waals surface area (Å²) in [7, 11) is 3.78. The van der Waals surface area contributed by atoms with E-state index in [1.54, 1.807) is 31.7 Å². The number of ether oxygens (including phenoxy) is 5. The Balaban J connectivity index is 1.78. The number of aliphatic hydroxyl groups is 1. The van der Waals surface area contributed by atoms with Gasteiger partial charge in [0.1, 0.15) is 29.5 Å². The molecular weight excluding hydrogens is 695 g/mol. The molecule has 3 fully saturated rings. The number of likely N-dealkylation sites (N-methyl/N-ethyl adjacent to an activating group) is 1. The fourth-order valence-corrected chi connectivity index (χ4v) is 9.65. The zero-order valence-corrected chi connectivity index (χ0v) is 34.2. The van der Waals surface area contributed by atoms with Gasteiger partial charge in [0, 0.05) is 35.5 Å². The number of benzene rings is 1. The Morgan fingerprint density at radius 1 is 1.04 bits per heavy atom. The third kappa shape index (κ3) is 9.72. The average molecular weight is 758 g/mol. The Bertz CT molecular complexity index is 1450. The molecule has 10 nitrogen and oxygen atoms in total. The molecule has 0 aromatic heterocycles. The molecular formula is C42H63NO9S. The van der Waals surface area contributed by atoms with Crippen LogP contribution in [0.1, 0.15) is 80.2 Å². The fourth-order valence-electron chi connectivity index (χ4n) is 8.75. The van der Waals surface area contributed by atoms with Crippen LogP contribution in [-0.2, 0) is 43.8 Å². The van der Waals surface area contributed by atoms with Gasteiger partial charge in [-0.3, -0.25) is 14.4 Å². The molecule has 3 heterocycles. The number of rotatable bonds is 10. The second kappa shape index (κ2) is 18.5. The molecule has 1 aromatic carbocycles. The third-order valence-corrected chi connectivity index (χ3v) is 12.7. The van der Waals surface area contributed by atoms with Crippen molar-refractivity contribution in [2.75, 3.05) is 27.3 Å². The van der Waals surface area contributed by atoms with Gasteiger partial charge in [-0.05, 0) is 77.6 Å². The number of fused-ring (bicyclic) bond motifs is 1. The highest BCUT2D eigenvalue weighted by molar-refractivity contribution is 8.01. The molecule has 0 radical (unpaired) electrons. The summed E-state index contributed by atoms with van der Waals surface area (Å²) in [5, 5.41) is 13.6. The van der Waals surface area contributed by atoms with Crippen molar-refractivity contribution in [1.29, 1.82) is 0 Å². The van der Waals surface area contributed by atoms with Crippen LogP contribution in [0.25, 0.3) is 0 Å². The molecule has 6 unspecified atom stereocenters. The first-order valence-corrected chi connectivity index (χ1v) is 20.2. The van der Waals surface area contributed by atoms with E-state index in [4.69, 9.17) is 23.7 Å². The molecule has 296 valence electrons. The molecule has 3 aliphatic rings. The average Bonchev–Trinajstić information content (AvgIpc) is 3.47. The van der Waals surface area contributed by atoms with Crippen molar-refractivity contribution < 1.29 is 43.2 Å². The second-order valence-corrected chi connectivity index (χ2v) is 16.9. The number of carbonyl (C=O) groups is 3. The van der Waals surface area contributed by atoms with Crippen LogP contribution in [0.3, 0.4) is 0 Å². The molecule has 4 rings (SSSR count). The monoisotopic (exact) mass is 757 g/mol. The number of thioether (sulfide) groups is 1. The standard InChI is InChI=1S/C42H63NO9S/c1-12-19-48-41(8)21-25(3)35(44)27(5)34-31(24-53-23-30-17-15-14-16-18-30)22-49-42(34,9)33(13-2)51-39(47)29(7)36(45)28(6)38(41)52-40-37(46)32(43(10)11)20-26(4)50-40/h12,14-18,24-29,32-34,37-38,40,46H,1,13,19-23H2,2-11H3/b31-24+/t25?,26-,27?,28-,29+,32?,33?,34?,37-,38+,40+,41?,42+/m0/s1. The lowest BCUT2D eigenvalue weighted by Crippen LogP contribution is -2.59. The van der Waals surface area contributed by atoms with Crippen molar-refractivity contribution in [3.63, 3.8) is 0 Å². The topological polar surface area (TPSA) is 121 Å². The minimum atomic E-state index is -1.24. The number of carbonyl (C=O) groups excluding carboxylic acids is 3. The van der Waals surface area contributed by atoms with Gasteiger partial charge in [0.25, 0.3) is 0 Å². The Morgan fingerprint density at radius 2 is 1.72 bits per heavy atom. The number of ketones is 2. The summed E-state index contributed by atoms with van der Waals surface area (Å²) >= 11 is 1.65. The van der Waals surface area contributed by atoms with Gasteiger partial charge in [-0.1, -0.05) is 64.1 Å². The van der Waals surface area contributed by atoms with Crippen molar-refractivity contribution in [2.45, 2.75) is 128 Å². The SMILES string of the molecule is C=CCOC1(C)CC(C)C(=O)C(C)C2/C(=C/SCc3ccccc3)CO[C@]2(C)C(CC)OC(=O)[C@H](C)C(=O)[C@H](C)[C@H]1O[C@H]1O[C@@H](C)CC(N(C)C)[C@@H]1O. The van der Waals surface area contributed by atoms with Crippen LogP contribution < -0.4 is 0 Å². The summed E-state index contributed by atoms with van der Waals surface area (Å²) in [6.07, 6.45) is -1.26. The smallest absolute Gasteiger partial charge is 0.316 e. The van der Waals surface area contributed by atoms with E-state index >= 15 is 0 Å². The molecule has 3 saturated heterocycles. The minimum Gasteiger partial charge on any atom is -0.459 e. The molecule has 0 amide bonds. The van der Waals surface area contributed by atoms with Crippen molar-refractivity contribution in [2.24, 2.45) is 29.6 Å². The number of esters is 1. The first-order chi connectivity index (χ1) is 25.0. The van der Waals surface area contributed by atoms with Crippen LogP contribution in [0.15, 0.2) is 54.0 Å². The normalized spacial score (nSPS) is 39.8. The van der Waals surface area contributed by atoms with Crippen LogP contribution in [0.5, 0.6) is 0 Å². The van der Waals surface area contributed by atoms with Gasteiger partial charge < -0.3 is 33.7 Å². The van der Waals surface area contributed by atoms with Crippen LogP contribution in [0.4, 0.5) is 0 Å². The van der Waals surface area contributed by atoms with E-state index < -0.39 is 77.1 Å². The van der Waals surface area contributed by atoms with E-state index in [2.05, 4.69) is 24.1 Å². The molecule has 3 aliphatic heterocycles.